The van der Waals surface area contributed by atoms with Crippen LogP contribution in [0.5, 0.6) is 0 Å². The summed E-state index contributed by atoms with van der Waals surface area (Å²) in [6, 6.07) is 14.6. The number of hydrogen-bond donors (Lipinski definition) is 0. The molecule has 2 heterocycles. The summed E-state index contributed by atoms with van der Waals surface area (Å²) in [7, 11) is -6.26. The van der Waals surface area contributed by atoms with Crippen molar-refractivity contribution >= 4 is 36.1 Å². The smallest absolute Gasteiger partial charge is 0.340 e. The van der Waals surface area contributed by atoms with Crippen molar-refractivity contribution in [3.8, 4) is 0 Å². The summed E-state index contributed by atoms with van der Waals surface area (Å²) >= 11 is 1.60. The van der Waals surface area contributed by atoms with Gasteiger partial charge in [0.1, 0.15) is 0 Å². The molecule has 2 aromatic rings. The number of nitrogens with zero attached hydrogens (tertiary/aromatic N) is 2. The number of carbonyl (C=O) groups excluding carboxylic acids is 1. The highest BCUT2D eigenvalue weighted by atomic mass is 32.2. The fourth-order valence-electron chi connectivity index (χ4n) is 6.13. The minimum atomic E-state index is -4.11. The molecule has 0 bridgehead atoms. The van der Waals surface area contributed by atoms with Gasteiger partial charge in [0.25, 0.3) is 10.0 Å². The molecule has 0 radical (unpaired) electrons. The van der Waals surface area contributed by atoms with Gasteiger partial charge in [-0.1, -0.05) is 89.6 Å². The molecule has 6 nitrogen and oxygen atoms in total. The quantitative estimate of drug-likeness (QED) is 0.295. The molecule has 1 fully saturated rings. The van der Waals surface area contributed by atoms with Crippen LogP contribution in [0, 0.1) is 6.92 Å². The molecule has 38 heavy (non-hydrogen) atoms. The Bertz CT molecular complexity index is 1260. The maximum atomic E-state index is 14.2. The van der Waals surface area contributed by atoms with E-state index in [1.165, 1.54) is 0 Å². The second-order valence-corrected chi connectivity index (χ2v) is 19.5. The highest BCUT2D eigenvalue weighted by Gasteiger charge is 2.50. The number of aryl methyl sites for hydroxylation is 1. The van der Waals surface area contributed by atoms with Gasteiger partial charge in [0.2, 0.25) is 0 Å². The summed E-state index contributed by atoms with van der Waals surface area (Å²) in [6.45, 7) is 15.8. The molecule has 0 N–H and O–H groups in total. The predicted octanol–water partition coefficient (Wildman–Crippen LogP) is 7.31. The molecular weight excluding hydrogens is 533 g/mol. The number of rotatable bonds is 9. The van der Waals surface area contributed by atoms with Gasteiger partial charge in [-0.05, 0) is 47.3 Å². The second-order valence-electron chi connectivity index (χ2n) is 11.2. The highest BCUT2D eigenvalue weighted by molar-refractivity contribution is 8.03. The van der Waals surface area contributed by atoms with Crippen LogP contribution < -0.4 is 0 Å². The van der Waals surface area contributed by atoms with Crippen molar-refractivity contribution in [2.45, 2.75) is 82.1 Å². The predicted molar refractivity (Wildman–Crippen MR) is 158 cm³/mol. The maximum Gasteiger partial charge on any atom is 0.340 e. The van der Waals surface area contributed by atoms with Crippen LogP contribution in [-0.2, 0) is 14.4 Å². The number of benzene rings is 2. The second kappa shape index (κ2) is 11.2. The first-order chi connectivity index (χ1) is 17.9. The standard InChI is InChI=1S/C29H40N2O4S2Si/c1-20(2)38(21(3)4,22(5)6)35-18-25-19-36-28-17-27(24-11-9-8-10-12-24)31(29(32)30(25)28)37(33,34)26-15-13-23(7)14-16-26/h8-17,20-22,25,27H,18-19H2,1-7H3/t25-,27+/m1/s1. The summed E-state index contributed by atoms with van der Waals surface area (Å²) in [5.41, 5.74) is 2.98. The Morgan fingerprint density at radius 1 is 0.947 bits per heavy atom. The Morgan fingerprint density at radius 2 is 1.53 bits per heavy atom. The van der Waals surface area contributed by atoms with E-state index >= 15 is 0 Å². The summed E-state index contributed by atoms with van der Waals surface area (Å²) in [6.07, 6.45) is 1.92. The normalized spacial score (nSPS) is 20.5. The first-order valence-electron chi connectivity index (χ1n) is 13.4. The van der Waals surface area contributed by atoms with E-state index in [1.807, 2.05) is 43.3 Å². The lowest BCUT2D eigenvalue weighted by molar-refractivity contribution is 0.147. The Kier molecular flexibility index (Phi) is 8.52. The number of amides is 2. The third-order valence-corrected chi connectivity index (χ3v) is 17.0. The molecule has 0 spiro atoms. The van der Waals surface area contributed by atoms with Gasteiger partial charge >= 0.3 is 6.03 Å². The van der Waals surface area contributed by atoms with Gasteiger partial charge in [-0.3, -0.25) is 4.90 Å². The zero-order valence-corrected chi connectivity index (χ0v) is 26.1. The summed E-state index contributed by atoms with van der Waals surface area (Å²) in [4.78, 5) is 16.0. The molecule has 0 unspecified atom stereocenters. The Morgan fingerprint density at radius 3 is 2.08 bits per heavy atom. The van der Waals surface area contributed by atoms with Gasteiger partial charge in [-0.15, -0.1) is 11.8 Å². The average molecular weight is 573 g/mol. The van der Waals surface area contributed by atoms with Gasteiger partial charge in [0.05, 0.1) is 28.6 Å². The number of sulfonamides is 1. The van der Waals surface area contributed by atoms with Crippen molar-refractivity contribution in [2.75, 3.05) is 12.4 Å². The highest BCUT2D eigenvalue weighted by Crippen LogP contribution is 2.46. The maximum absolute atomic E-state index is 14.2. The summed E-state index contributed by atoms with van der Waals surface area (Å²) in [5.74, 6) is 0.677. The van der Waals surface area contributed by atoms with E-state index in [0.717, 1.165) is 20.5 Å². The van der Waals surface area contributed by atoms with E-state index in [-0.39, 0.29) is 10.9 Å². The Balaban J connectivity index is 1.73. The Hall–Kier alpha value is -2.07. The monoisotopic (exact) mass is 572 g/mol. The minimum Gasteiger partial charge on any atom is -0.414 e. The van der Waals surface area contributed by atoms with E-state index in [0.29, 0.717) is 29.0 Å². The number of hydrogen-bond acceptors (Lipinski definition) is 5. The summed E-state index contributed by atoms with van der Waals surface area (Å²) in [5, 5.41) is 0.804. The van der Waals surface area contributed by atoms with E-state index in [9.17, 15) is 13.2 Å². The van der Waals surface area contributed by atoms with Gasteiger partial charge in [0, 0.05) is 5.75 Å². The van der Waals surface area contributed by atoms with E-state index in [1.54, 1.807) is 40.9 Å². The minimum absolute atomic E-state index is 0.111. The lowest BCUT2D eigenvalue weighted by atomic mass is 10.1. The van der Waals surface area contributed by atoms with Crippen LogP contribution in [0.15, 0.2) is 70.6 Å². The molecule has 1 saturated heterocycles. The molecule has 0 saturated carbocycles. The first-order valence-corrected chi connectivity index (χ1v) is 18.0. The fourth-order valence-corrected chi connectivity index (χ4v) is 14.3. The molecule has 4 rings (SSSR count). The third kappa shape index (κ3) is 5.10. The fraction of sp³-hybridized carbons (Fsp3) is 0.483. The van der Waals surface area contributed by atoms with Crippen LogP contribution in [0.1, 0.15) is 58.7 Å². The lowest BCUT2D eigenvalue weighted by Gasteiger charge is -2.44. The Labute approximate surface area is 233 Å². The molecule has 2 atom stereocenters. The zero-order valence-electron chi connectivity index (χ0n) is 23.4. The van der Waals surface area contributed by atoms with Crippen molar-refractivity contribution < 1.29 is 17.6 Å². The van der Waals surface area contributed by atoms with Crippen LogP contribution >= 0.6 is 11.8 Å². The molecular formula is C29H40N2O4S2Si. The lowest BCUT2D eigenvalue weighted by Crippen LogP contribution is -2.54. The topological polar surface area (TPSA) is 66.9 Å². The van der Waals surface area contributed by atoms with Gasteiger partial charge in [0.15, 0.2) is 8.32 Å². The number of fused-ring (bicyclic) bond motifs is 1. The van der Waals surface area contributed by atoms with Gasteiger partial charge < -0.3 is 4.43 Å². The van der Waals surface area contributed by atoms with E-state index < -0.39 is 30.4 Å². The zero-order chi connectivity index (χ0) is 27.8. The largest absolute Gasteiger partial charge is 0.414 e. The van der Waals surface area contributed by atoms with Crippen molar-refractivity contribution in [2.24, 2.45) is 0 Å². The SMILES string of the molecule is Cc1ccc(S(=O)(=O)N2C(=O)N3C(=C[C@H]2c2ccccc2)SC[C@H]3CO[Si](C(C)C)(C(C)C)C(C)C)cc1. The van der Waals surface area contributed by atoms with E-state index in [4.69, 9.17) is 4.43 Å². The van der Waals surface area contributed by atoms with E-state index in [2.05, 4.69) is 41.5 Å². The van der Waals surface area contributed by atoms with Crippen molar-refractivity contribution in [1.29, 1.82) is 0 Å². The molecule has 2 aliphatic rings. The molecule has 206 valence electrons. The number of carbonyl (C=O) groups is 1. The third-order valence-electron chi connectivity index (χ3n) is 7.93. The van der Waals surface area contributed by atoms with Crippen LogP contribution in [-0.4, -0.2) is 50.4 Å². The van der Waals surface area contributed by atoms with Crippen LogP contribution in [0.3, 0.4) is 0 Å². The van der Waals surface area contributed by atoms with Crippen LogP contribution in [0.4, 0.5) is 4.79 Å². The first kappa shape index (κ1) is 28.9. The van der Waals surface area contributed by atoms with Crippen LogP contribution in [0.2, 0.25) is 16.6 Å². The van der Waals surface area contributed by atoms with Gasteiger partial charge in [-0.25, -0.2) is 17.5 Å². The van der Waals surface area contributed by atoms with Crippen molar-refractivity contribution in [3.63, 3.8) is 0 Å². The molecule has 2 aliphatic heterocycles. The molecule has 0 aromatic heterocycles. The molecule has 2 aromatic carbocycles. The summed E-state index contributed by atoms with van der Waals surface area (Å²) < 4.78 is 35.9. The molecule has 0 aliphatic carbocycles. The van der Waals surface area contributed by atoms with Gasteiger partial charge in [-0.2, -0.15) is 0 Å². The number of urea groups is 1. The van der Waals surface area contributed by atoms with Crippen molar-refractivity contribution in [3.05, 3.63) is 76.8 Å². The molecule has 9 heteroatoms. The average Bonchev–Trinajstić information content (AvgIpc) is 3.27. The number of thioether (sulfide) groups is 1. The van der Waals surface area contributed by atoms with Crippen LogP contribution in [0.25, 0.3) is 0 Å². The van der Waals surface area contributed by atoms with Crippen molar-refractivity contribution in [1.82, 2.24) is 9.21 Å². The molecule has 2 amide bonds.